The van der Waals surface area contributed by atoms with Crippen molar-refractivity contribution in [2.75, 3.05) is 40.6 Å². The molecule has 4 rings (SSSR count). The maximum absolute atomic E-state index is 12.5. The van der Waals surface area contributed by atoms with Crippen molar-refractivity contribution in [2.24, 2.45) is 16.7 Å². The Kier molecular flexibility index (Phi) is 12.8. The Hall–Kier alpha value is -2.85. The van der Waals surface area contributed by atoms with Crippen LogP contribution in [0.15, 0.2) is 18.2 Å². The van der Waals surface area contributed by atoms with Gasteiger partial charge in [-0.1, -0.05) is 53.0 Å². The molecular formula is C36H56N2O8. The van der Waals surface area contributed by atoms with Crippen molar-refractivity contribution < 1.29 is 38.1 Å². The lowest BCUT2D eigenvalue weighted by Crippen LogP contribution is -2.46. The van der Waals surface area contributed by atoms with Gasteiger partial charge in [-0.3, -0.25) is 19.3 Å². The summed E-state index contributed by atoms with van der Waals surface area (Å²) in [5.74, 6) is 0.803. The zero-order chi connectivity index (χ0) is 33.3. The predicted octanol–water partition coefficient (Wildman–Crippen LogP) is 5.44. The normalized spacial score (nSPS) is 23.8. The highest BCUT2D eigenvalue weighted by molar-refractivity contribution is 5.84. The largest absolute Gasteiger partial charge is 0.493 e. The number of methoxy groups -OCH3 is 2. The standard InChI is InChI=1S/C36H56N2O8/c1-35(2)33(36(35,3)4)34(41)37-24-45-31(39)14-8-7-9-15-32(40)46-26-18-20-38(23-26)27-12-10-11-13-28(27)44-21-19-25-16-17-29(42-5)30(22-25)43-6/h16-17,22,26-28,33H,7-15,18-21,23-24H2,1-6H3,(H,37,41)/t26-,27-,28?/m1/s1. The van der Waals surface area contributed by atoms with E-state index in [1.165, 1.54) is 12.8 Å². The average molecular weight is 645 g/mol. The first-order valence-electron chi connectivity index (χ1n) is 17.2. The summed E-state index contributed by atoms with van der Waals surface area (Å²) < 4.78 is 28.2. The molecule has 0 spiro atoms. The molecule has 3 fully saturated rings. The molecule has 1 aliphatic heterocycles. The first-order valence-corrected chi connectivity index (χ1v) is 17.2. The minimum atomic E-state index is -0.339. The van der Waals surface area contributed by atoms with Gasteiger partial charge in [-0.25, -0.2) is 0 Å². The lowest BCUT2D eigenvalue weighted by atomic mass is 9.91. The zero-order valence-corrected chi connectivity index (χ0v) is 28.9. The van der Waals surface area contributed by atoms with E-state index in [2.05, 4.69) is 44.0 Å². The Bertz CT molecular complexity index is 1170. The molecule has 0 aromatic heterocycles. The third-order valence-electron chi connectivity index (χ3n) is 10.8. The topological polar surface area (TPSA) is 113 Å². The van der Waals surface area contributed by atoms with Crippen LogP contribution in [0.3, 0.4) is 0 Å². The minimum absolute atomic E-state index is 0.0535. The van der Waals surface area contributed by atoms with Gasteiger partial charge in [0.2, 0.25) is 5.91 Å². The van der Waals surface area contributed by atoms with E-state index in [4.69, 9.17) is 23.7 Å². The molecule has 10 heteroatoms. The summed E-state index contributed by atoms with van der Waals surface area (Å²) in [6, 6.07) is 6.34. The zero-order valence-electron chi connectivity index (χ0n) is 28.9. The van der Waals surface area contributed by atoms with Gasteiger partial charge in [0.05, 0.1) is 26.9 Å². The average Bonchev–Trinajstić information content (AvgIpc) is 3.28. The smallest absolute Gasteiger partial charge is 0.307 e. The van der Waals surface area contributed by atoms with Gasteiger partial charge in [0, 0.05) is 37.9 Å². The number of likely N-dealkylation sites (tertiary alicyclic amines) is 1. The second kappa shape index (κ2) is 16.3. The van der Waals surface area contributed by atoms with Crippen molar-refractivity contribution >= 4 is 17.8 Å². The van der Waals surface area contributed by atoms with Gasteiger partial charge in [-0.05, 0) is 67.1 Å². The van der Waals surface area contributed by atoms with Gasteiger partial charge in [0.1, 0.15) is 6.10 Å². The molecule has 3 aliphatic rings. The third kappa shape index (κ3) is 9.15. The van der Waals surface area contributed by atoms with Crippen LogP contribution in [0.1, 0.15) is 97.5 Å². The summed E-state index contributed by atoms with van der Waals surface area (Å²) >= 11 is 0. The summed E-state index contributed by atoms with van der Waals surface area (Å²) in [6.07, 6.45) is 8.94. The molecule has 1 amide bonds. The highest BCUT2D eigenvalue weighted by Crippen LogP contribution is 2.68. The van der Waals surface area contributed by atoms with Crippen molar-refractivity contribution in [3.8, 4) is 11.5 Å². The third-order valence-corrected chi connectivity index (χ3v) is 10.8. The van der Waals surface area contributed by atoms with Crippen LogP contribution in [-0.4, -0.2) is 81.6 Å². The molecule has 10 nitrogen and oxygen atoms in total. The number of amides is 1. The summed E-state index contributed by atoms with van der Waals surface area (Å²) in [7, 11) is 3.29. The highest BCUT2D eigenvalue weighted by atomic mass is 16.5. The molecule has 1 N–H and O–H groups in total. The Morgan fingerprint density at radius 2 is 1.59 bits per heavy atom. The van der Waals surface area contributed by atoms with E-state index in [1.54, 1.807) is 14.2 Å². The molecule has 1 aromatic carbocycles. The fraction of sp³-hybridized carbons (Fsp3) is 0.750. The van der Waals surface area contributed by atoms with Crippen molar-refractivity contribution in [3.63, 3.8) is 0 Å². The molecule has 1 saturated heterocycles. The molecule has 1 unspecified atom stereocenters. The van der Waals surface area contributed by atoms with Crippen LogP contribution in [0.5, 0.6) is 11.5 Å². The molecule has 1 aromatic rings. The first-order chi connectivity index (χ1) is 22.0. The maximum Gasteiger partial charge on any atom is 0.307 e. The van der Waals surface area contributed by atoms with Crippen LogP contribution in [0.25, 0.3) is 0 Å². The van der Waals surface area contributed by atoms with Crippen LogP contribution in [0.2, 0.25) is 0 Å². The van der Waals surface area contributed by atoms with E-state index in [0.29, 0.717) is 31.9 Å². The number of nitrogens with one attached hydrogen (secondary N) is 1. The predicted molar refractivity (Wildman–Crippen MR) is 175 cm³/mol. The van der Waals surface area contributed by atoms with Crippen LogP contribution in [-0.2, 0) is 35.0 Å². The van der Waals surface area contributed by atoms with E-state index < -0.39 is 0 Å². The number of unbranched alkanes of at least 4 members (excludes halogenated alkanes) is 2. The van der Waals surface area contributed by atoms with Crippen LogP contribution < -0.4 is 14.8 Å². The van der Waals surface area contributed by atoms with E-state index in [9.17, 15) is 14.4 Å². The van der Waals surface area contributed by atoms with Crippen LogP contribution in [0, 0.1) is 16.7 Å². The van der Waals surface area contributed by atoms with Gasteiger partial charge in [0.15, 0.2) is 18.2 Å². The fourth-order valence-electron chi connectivity index (χ4n) is 7.38. The molecule has 3 atom stereocenters. The van der Waals surface area contributed by atoms with Gasteiger partial charge < -0.3 is 29.0 Å². The van der Waals surface area contributed by atoms with Crippen molar-refractivity contribution in [1.82, 2.24) is 10.2 Å². The summed E-state index contributed by atoms with van der Waals surface area (Å²) in [5.41, 5.74) is 1.05. The fourth-order valence-corrected chi connectivity index (χ4v) is 7.38. The molecule has 258 valence electrons. The second-order valence-corrected chi connectivity index (χ2v) is 14.2. The van der Waals surface area contributed by atoms with Crippen LogP contribution in [0.4, 0.5) is 0 Å². The van der Waals surface area contributed by atoms with Gasteiger partial charge in [-0.2, -0.15) is 0 Å². The molecular weight excluding hydrogens is 588 g/mol. The minimum Gasteiger partial charge on any atom is -0.493 e. The van der Waals surface area contributed by atoms with Gasteiger partial charge in [-0.15, -0.1) is 0 Å². The number of carbonyl (C=O) groups excluding carboxylic acids is 3. The number of nitrogens with zero attached hydrogens (tertiary/aromatic N) is 1. The van der Waals surface area contributed by atoms with E-state index >= 15 is 0 Å². The molecule has 1 heterocycles. The summed E-state index contributed by atoms with van der Waals surface area (Å²) in [5, 5.41) is 2.72. The Morgan fingerprint density at radius 1 is 0.891 bits per heavy atom. The maximum atomic E-state index is 12.5. The number of hydrogen-bond acceptors (Lipinski definition) is 9. The van der Waals surface area contributed by atoms with Crippen molar-refractivity contribution in [2.45, 2.75) is 117 Å². The number of ether oxygens (including phenoxy) is 5. The quantitative estimate of drug-likeness (QED) is 0.135. The Balaban J connectivity index is 1.07. The van der Waals surface area contributed by atoms with Gasteiger partial charge in [0.25, 0.3) is 0 Å². The monoisotopic (exact) mass is 644 g/mol. The molecule has 2 saturated carbocycles. The van der Waals surface area contributed by atoms with Crippen molar-refractivity contribution in [3.05, 3.63) is 23.8 Å². The Morgan fingerprint density at radius 3 is 2.28 bits per heavy atom. The molecule has 2 aliphatic carbocycles. The van der Waals surface area contributed by atoms with Crippen LogP contribution >= 0.6 is 0 Å². The molecule has 0 radical (unpaired) electrons. The number of benzene rings is 1. The van der Waals surface area contributed by atoms with E-state index in [1.807, 2.05) is 12.1 Å². The molecule has 46 heavy (non-hydrogen) atoms. The number of rotatable bonds is 17. The first kappa shape index (κ1) is 36.0. The number of hydrogen-bond donors (Lipinski definition) is 1. The SMILES string of the molecule is COc1ccc(CCOC2CCCC[C@H]2N2CC[C@@H](OC(=O)CCCCCC(=O)OCNC(=O)C3C(C)(C)C3(C)C)C2)cc1OC. The van der Waals surface area contributed by atoms with Crippen molar-refractivity contribution in [1.29, 1.82) is 0 Å². The highest BCUT2D eigenvalue weighted by Gasteiger charge is 2.68. The summed E-state index contributed by atoms with van der Waals surface area (Å²) in [4.78, 5) is 39.4. The number of carbonyl (C=O) groups is 3. The second-order valence-electron chi connectivity index (χ2n) is 14.2. The summed E-state index contributed by atoms with van der Waals surface area (Å²) in [6.45, 7) is 10.5. The molecule has 0 bridgehead atoms. The lowest BCUT2D eigenvalue weighted by molar-refractivity contribution is -0.149. The van der Waals surface area contributed by atoms with Gasteiger partial charge >= 0.3 is 11.9 Å². The van der Waals surface area contributed by atoms with E-state index in [-0.39, 0.29) is 60.0 Å². The lowest BCUT2D eigenvalue weighted by Gasteiger charge is -2.37. The number of esters is 2. The van der Waals surface area contributed by atoms with E-state index in [0.717, 1.165) is 62.3 Å². The Labute approximate surface area is 275 Å².